The van der Waals surface area contributed by atoms with Crippen molar-refractivity contribution in [2.75, 3.05) is 30.9 Å². The molecule has 0 heterocycles. The third-order valence-electron chi connectivity index (χ3n) is 3.20. The van der Waals surface area contributed by atoms with E-state index in [0.717, 1.165) is 0 Å². The van der Waals surface area contributed by atoms with Crippen LogP contribution in [0.1, 0.15) is 10.4 Å². The smallest absolute Gasteiger partial charge is 0.293 e. The lowest BCUT2D eigenvalue weighted by atomic mass is 10.1. The topological polar surface area (TPSA) is 93.5 Å². The fourth-order valence-electron chi connectivity index (χ4n) is 2.02. The highest BCUT2D eigenvalue weighted by Gasteiger charge is 2.18. The van der Waals surface area contributed by atoms with Gasteiger partial charge < -0.3 is 15.4 Å². The third-order valence-corrected chi connectivity index (χ3v) is 3.53. The van der Waals surface area contributed by atoms with Crippen LogP contribution in [-0.2, 0) is 4.74 Å². The van der Waals surface area contributed by atoms with Gasteiger partial charge in [0.05, 0.1) is 22.2 Å². The zero-order chi connectivity index (χ0) is 17.5. The van der Waals surface area contributed by atoms with Crippen molar-refractivity contribution in [2.24, 2.45) is 0 Å². The van der Waals surface area contributed by atoms with Crippen LogP contribution >= 0.6 is 11.6 Å². The number of halogens is 1. The van der Waals surface area contributed by atoms with Gasteiger partial charge in [-0.15, -0.1) is 0 Å². The minimum Gasteiger partial charge on any atom is -0.383 e. The van der Waals surface area contributed by atoms with E-state index in [1.54, 1.807) is 24.3 Å². The molecule has 0 aliphatic carbocycles. The van der Waals surface area contributed by atoms with E-state index in [0.29, 0.717) is 29.5 Å². The number of hydrogen-bond donors (Lipinski definition) is 2. The van der Waals surface area contributed by atoms with Crippen molar-refractivity contribution in [1.29, 1.82) is 0 Å². The third kappa shape index (κ3) is 4.43. The summed E-state index contributed by atoms with van der Waals surface area (Å²) in [5, 5.41) is 17.1. The first-order valence-electron chi connectivity index (χ1n) is 7.10. The first-order chi connectivity index (χ1) is 11.5. The van der Waals surface area contributed by atoms with Crippen molar-refractivity contribution < 1.29 is 14.5 Å². The molecule has 0 saturated carbocycles. The van der Waals surface area contributed by atoms with Crippen molar-refractivity contribution in [1.82, 2.24) is 0 Å². The summed E-state index contributed by atoms with van der Waals surface area (Å²) >= 11 is 5.99. The van der Waals surface area contributed by atoms with Gasteiger partial charge in [0.1, 0.15) is 5.69 Å². The van der Waals surface area contributed by atoms with Crippen LogP contribution in [0.2, 0.25) is 5.02 Å². The zero-order valence-electron chi connectivity index (χ0n) is 12.9. The number of carbonyl (C=O) groups excluding carboxylic acids is 1. The summed E-state index contributed by atoms with van der Waals surface area (Å²) in [4.78, 5) is 23.0. The fourth-order valence-corrected chi connectivity index (χ4v) is 2.20. The number of para-hydroxylation sites is 1. The molecule has 0 atom stereocenters. The first kappa shape index (κ1) is 17.7. The number of anilines is 2. The molecule has 0 aliphatic rings. The summed E-state index contributed by atoms with van der Waals surface area (Å²) in [6, 6.07) is 11.0. The Morgan fingerprint density at radius 1 is 1.25 bits per heavy atom. The van der Waals surface area contributed by atoms with E-state index in [-0.39, 0.29) is 11.3 Å². The average molecular weight is 350 g/mol. The Kier molecular flexibility index (Phi) is 6.11. The summed E-state index contributed by atoms with van der Waals surface area (Å²) in [5.74, 6) is -0.477. The number of hydrogen-bond acceptors (Lipinski definition) is 5. The molecule has 0 bridgehead atoms. The van der Waals surface area contributed by atoms with E-state index in [1.807, 2.05) is 0 Å². The lowest BCUT2D eigenvalue weighted by molar-refractivity contribution is -0.384. The van der Waals surface area contributed by atoms with Gasteiger partial charge in [-0.3, -0.25) is 14.9 Å². The summed E-state index contributed by atoms with van der Waals surface area (Å²) in [6.07, 6.45) is 0. The van der Waals surface area contributed by atoms with Gasteiger partial charge in [0.2, 0.25) is 0 Å². The Balaban J connectivity index is 2.21. The number of benzene rings is 2. The van der Waals surface area contributed by atoms with E-state index >= 15 is 0 Å². The summed E-state index contributed by atoms with van der Waals surface area (Å²) in [6.45, 7) is 0.828. The summed E-state index contributed by atoms with van der Waals surface area (Å²) < 4.78 is 4.89. The monoisotopic (exact) mass is 349 g/mol. The Morgan fingerprint density at radius 2 is 2.00 bits per heavy atom. The lowest BCUT2D eigenvalue weighted by Crippen LogP contribution is -2.14. The molecule has 0 aromatic heterocycles. The molecule has 8 heteroatoms. The van der Waals surface area contributed by atoms with Crippen molar-refractivity contribution in [3.8, 4) is 0 Å². The molecule has 0 radical (unpaired) electrons. The second kappa shape index (κ2) is 8.28. The molecule has 0 fully saturated rings. The van der Waals surface area contributed by atoms with Crippen LogP contribution in [0.15, 0.2) is 42.5 Å². The van der Waals surface area contributed by atoms with Gasteiger partial charge in [-0.05, 0) is 24.3 Å². The highest BCUT2D eigenvalue weighted by molar-refractivity contribution is 6.33. The molecule has 0 aliphatic heterocycles. The molecule has 126 valence electrons. The molecule has 7 nitrogen and oxygen atoms in total. The number of nitro benzene ring substituents is 1. The number of rotatable bonds is 7. The van der Waals surface area contributed by atoms with Crippen molar-refractivity contribution in [3.63, 3.8) is 0 Å². The zero-order valence-corrected chi connectivity index (χ0v) is 13.7. The molecule has 0 saturated heterocycles. The number of nitro groups is 1. The van der Waals surface area contributed by atoms with Gasteiger partial charge >= 0.3 is 0 Å². The first-order valence-corrected chi connectivity index (χ1v) is 7.48. The largest absolute Gasteiger partial charge is 0.383 e. The number of carbonyl (C=O) groups is 1. The maximum absolute atomic E-state index is 12.3. The Bertz CT molecular complexity index is 752. The minimum atomic E-state index is -0.540. The molecular weight excluding hydrogens is 334 g/mol. The van der Waals surface area contributed by atoms with Crippen molar-refractivity contribution in [2.45, 2.75) is 0 Å². The van der Waals surface area contributed by atoms with Crippen LogP contribution in [-0.4, -0.2) is 31.1 Å². The number of nitrogens with one attached hydrogen (secondary N) is 2. The maximum atomic E-state index is 12.3. The van der Waals surface area contributed by atoms with E-state index in [2.05, 4.69) is 10.6 Å². The van der Waals surface area contributed by atoms with E-state index in [1.165, 1.54) is 25.3 Å². The minimum absolute atomic E-state index is 0.166. The molecule has 24 heavy (non-hydrogen) atoms. The molecular formula is C16H16ClN3O4. The predicted octanol–water partition coefficient (Wildman–Crippen LogP) is 3.56. The quantitative estimate of drug-likeness (QED) is 0.453. The van der Waals surface area contributed by atoms with Crippen LogP contribution in [0.3, 0.4) is 0 Å². The molecule has 1 amide bonds. The second-order valence-corrected chi connectivity index (χ2v) is 5.25. The average Bonchev–Trinajstić information content (AvgIpc) is 2.57. The lowest BCUT2D eigenvalue weighted by Gasteiger charge is -2.09. The molecule has 2 N–H and O–H groups in total. The Morgan fingerprint density at radius 3 is 2.67 bits per heavy atom. The maximum Gasteiger partial charge on any atom is 0.293 e. The van der Waals surface area contributed by atoms with Crippen LogP contribution in [0.5, 0.6) is 0 Å². The van der Waals surface area contributed by atoms with E-state index in [9.17, 15) is 14.9 Å². The Labute approximate surface area is 143 Å². The summed E-state index contributed by atoms with van der Waals surface area (Å²) in [5.41, 5.74) is 0.747. The molecule has 2 aromatic carbocycles. The Hall–Kier alpha value is -2.64. The van der Waals surface area contributed by atoms with Gasteiger partial charge in [0, 0.05) is 25.3 Å². The highest BCUT2D eigenvalue weighted by atomic mass is 35.5. The second-order valence-electron chi connectivity index (χ2n) is 4.84. The van der Waals surface area contributed by atoms with Crippen LogP contribution in [0, 0.1) is 10.1 Å². The van der Waals surface area contributed by atoms with Gasteiger partial charge in [-0.2, -0.15) is 0 Å². The number of methoxy groups -OCH3 is 1. The molecule has 2 rings (SSSR count). The summed E-state index contributed by atoms with van der Waals surface area (Å²) in [7, 11) is 1.54. The van der Waals surface area contributed by atoms with Gasteiger partial charge in [-0.1, -0.05) is 23.7 Å². The normalized spacial score (nSPS) is 10.2. The molecule has 0 spiro atoms. The van der Waals surface area contributed by atoms with Crippen LogP contribution in [0.4, 0.5) is 17.1 Å². The highest BCUT2D eigenvalue weighted by Crippen LogP contribution is 2.27. The number of ether oxygens (including phenoxy) is 1. The van der Waals surface area contributed by atoms with Gasteiger partial charge in [-0.25, -0.2) is 0 Å². The van der Waals surface area contributed by atoms with Crippen LogP contribution in [0.25, 0.3) is 0 Å². The predicted molar refractivity (Wildman–Crippen MR) is 92.9 cm³/mol. The number of nitrogens with zero attached hydrogens (tertiary/aromatic N) is 1. The number of amides is 1. The fraction of sp³-hybridized carbons (Fsp3) is 0.188. The van der Waals surface area contributed by atoms with Crippen molar-refractivity contribution in [3.05, 3.63) is 63.2 Å². The van der Waals surface area contributed by atoms with Crippen molar-refractivity contribution >= 4 is 34.6 Å². The van der Waals surface area contributed by atoms with E-state index < -0.39 is 10.8 Å². The molecule has 2 aromatic rings. The standard InChI is InChI=1S/C16H16ClN3O4/c1-24-9-8-18-14-7-6-11(10-15(14)20(22)23)16(21)19-13-5-3-2-4-12(13)17/h2-7,10,18H,8-9H2,1H3,(H,19,21). The van der Waals surface area contributed by atoms with Gasteiger partial charge in [0.25, 0.3) is 11.6 Å². The van der Waals surface area contributed by atoms with E-state index in [4.69, 9.17) is 16.3 Å². The molecule has 0 unspecified atom stereocenters. The SMILES string of the molecule is COCCNc1ccc(C(=O)Nc2ccccc2Cl)cc1[N+](=O)[O-]. The van der Waals surface area contributed by atoms with Gasteiger partial charge in [0.15, 0.2) is 0 Å². The van der Waals surface area contributed by atoms with Crippen LogP contribution < -0.4 is 10.6 Å².